The van der Waals surface area contributed by atoms with Gasteiger partial charge in [-0.1, -0.05) is 0 Å². The SMILES string of the molecule is O=C([O-])[O-].O=C([O-])[O-].[Cu+2].[Zn+2]. The number of hydrogen-bond acceptors (Lipinski definition) is 6. The molecule has 0 saturated carbocycles. The molecule has 1 radical (unpaired) electrons. The summed E-state index contributed by atoms with van der Waals surface area (Å²) in [5, 5.41) is 33.3. The first-order chi connectivity index (χ1) is 3.46. The second-order valence-corrected chi connectivity index (χ2v) is 0.500. The van der Waals surface area contributed by atoms with E-state index < -0.39 is 12.3 Å². The van der Waals surface area contributed by atoms with Gasteiger partial charge in [0.1, 0.15) is 0 Å². The number of hydrogen-bond donors (Lipinski definition) is 0. The molecule has 0 spiro atoms. The number of carboxylic acid groups (broad SMARTS) is 4. The average Bonchev–Trinajstić information content (AvgIpc) is 1.25. The standard InChI is InChI=1S/2CH2O3.Cu.Zn/c2*2-1(3)4;;/h2*(H2,2,3,4);;/q;;2*+2/p-4. The van der Waals surface area contributed by atoms with E-state index in [1.165, 1.54) is 0 Å². The van der Waals surface area contributed by atoms with Crippen LogP contribution in [-0.2, 0) is 36.5 Å². The largest absolute Gasteiger partial charge is 2.00 e. The van der Waals surface area contributed by atoms with Gasteiger partial charge in [0.15, 0.2) is 0 Å². The smallest absolute Gasteiger partial charge is 0.652 e. The predicted octanol–water partition coefficient (Wildman–Crippen LogP) is -4.90. The van der Waals surface area contributed by atoms with Crippen molar-refractivity contribution < 1.29 is 66.6 Å². The molecule has 0 N–H and O–H groups in total. The molecule has 0 aliphatic rings. The minimum absolute atomic E-state index is 0. The van der Waals surface area contributed by atoms with Crippen molar-refractivity contribution in [1.82, 2.24) is 0 Å². The monoisotopic (exact) mass is 247 g/mol. The van der Waals surface area contributed by atoms with Crippen LogP contribution in [0.3, 0.4) is 0 Å². The fourth-order valence-electron chi connectivity index (χ4n) is 0. The Balaban J connectivity index is -0.0000000300. The number of carbonyl (C=O) groups is 2. The van der Waals surface area contributed by atoms with Gasteiger partial charge >= 0.3 is 36.5 Å². The first kappa shape index (κ1) is 22.6. The third-order valence-corrected chi connectivity index (χ3v) is 0. The van der Waals surface area contributed by atoms with Crippen molar-refractivity contribution in [3.8, 4) is 0 Å². The summed E-state index contributed by atoms with van der Waals surface area (Å²) >= 11 is 0. The molecule has 57 valence electrons. The summed E-state index contributed by atoms with van der Waals surface area (Å²) in [4.78, 5) is 16.7. The average molecular weight is 249 g/mol. The molecule has 0 aromatic heterocycles. The van der Waals surface area contributed by atoms with Crippen LogP contribution in [0.15, 0.2) is 0 Å². The Morgan fingerprint density at radius 1 is 0.800 bits per heavy atom. The maximum atomic E-state index is 8.33. The van der Waals surface area contributed by atoms with Crippen LogP contribution in [0.2, 0.25) is 0 Å². The van der Waals surface area contributed by atoms with E-state index in [9.17, 15) is 0 Å². The molecule has 0 bridgehead atoms. The van der Waals surface area contributed by atoms with Crippen molar-refractivity contribution in [2.24, 2.45) is 0 Å². The summed E-state index contributed by atoms with van der Waals surface area (Å²) in [5.74, 6) is 0. The zero-order valence-electron chi connectivity index (χ0n) is 4.46. The van der Waals surface area contributed by atoms with Crippen LogP contribution in [0.1, 0.15) is 0 Å². The van der Waals surface area contributed by atoms with Crippen molar-refractivity contribution >= 4 is 12.3 Å². The summed E-state index contributed by atoms with van der Waals surface area (Å²) < 4.78 is 0. The first-order valence-electron chi connectivity index (χ1n) is 1.22. The Morgan fingerprint density at radius 3 is 0.800 bits per heavy atom. The van der Waals surface area contributed by atoms with Gasteiger partial charge in [-0.2, -0.15) is 0 Å². The van der Waals surface area contributed by atoms with Gasteiger partial charge < -0.3 is 30.0 Å². The molecular weight excluding hydrogens is 249 g/mol. The van der Waals surface area contributed by atoms with Crippen LogP contribution >= 0.6 is 0 Å². The first-order valence-corrected chi connectivity index (χ1v) is 1.22. The molecule has 0 unspecified atom stereocenters. The van der Waals surface area contributed by atoms with Gasteiger partial charge in [0, 0.05) is 0 Å². The number of rotatable bonds is 0. The van der Waals surface area contributed by atoms with E-state index in [1.807, 2.05) is 0 Å². The van der Waals surface area contributed by atoms with E-state index in [0.29, 0.717) is 0 Å². The van der Waals surface area contributed by atoms with E-state index in [1.54, 1.807) is 0 Å². The second-order valence-electron chi connectivity index (χ2n) is 0.500. The summed E-state index contributed by atoms with van der Waals surface area (Å²) in [5.41, 5.74) is 0. The Hall–Kier alpha value is -0.317. The zero-order chi connectivity index (χ0) is 7.15. The minimum atomic E-state index is -2.33. The molecular formula is C2CuO6Zn. The van der Waals surface area contributed by atoms with Gasteiger partial charge in [0.2, 0.25) is 0 Å². The molecule has 0 aliphatic heterocycles. The van der Waals surface area contributed by atoms with E-state index in [2.05, 4.69) is 0 Å². The Labute approximate surface area is 79.1 Å². The summed E-state index contributed by atoms with van der Waals surface area (Å²) in [6.07, 6.45) is -4.67. The maximum absolute atomic E-state index is 8.33. The molecule has 0 aromatic rings. The van der Waals surface area contributed by atoms with E-state index in [4.69, 9.17) is 30.0 Å². The van der Waals surface area contributed by atoms with Crippen LogP contribution in [0.4, 0.5) is 9.59 Å². The van der Waals surface area contributed by atoms with Gasteiger partial charge in [-0.05, 0) is 12.3 Å². The van der Waals surface area contributed by atoms with Crippen LogP contribution in [0.25, 0.3) is 0 Å². The fourth-order valence-corrected chi connectivity index (χ4v) is 0. The van der Waals surface area contributed by atoms with Crippen LogP contribution in [-0.4, -0.2) is 12.3 Å². The molecule has 10 heavy (non-hydrogen) atoms. The fraction of sp³-hybridized carbons (Fsp3) is 0. The molecule has 0 heterocycles. The van der Waals surface area contributed by atoms with Gasteiger partial charge in [0.25, 0.3) is 0 Å². The number of carbonyl (C=O) groups excluding carboxylic acids is 2. The molecule has 0 aromatic carbocycles. The van der Waals surface area contributed by atoms with Crippen molar-refractivity contribution in [2.75, 3.05) is 0 Å². The van der Waals surface area contributed by atoms with Gasteiger partial charge in [-0.15, -0.1) is 0 Å². The summed E-state index contributed by atoms with van der Waals surface area (Å²) in [6, 6.07) is 0. The summed E-state index contributed by atoms with van der Waals surface area (Å²) in [6.45, 7) is 0. The van der Waals surface area contributed by atoms with Crippen LogP contribution in [0, 0.1) is 0 Å². The third-order valence-electron chi connectivity index (χ3n) is 0. The molecule has 0 aliphatic carbocycles. The second kappa shape index (κ2) is 15.9. The zero-order valence-corrected chi connectivity index (χ0v) is 8.37. The van der Waals surface area contributed by atoms with E-state index in [-0.39, 0.29) is 36.5 Å². The predicted molar refractivity (Wildman–Crippen MR) is 10.8 cm³/mol. The third kappa shape index (κ3) is 3410. The molecule has 0 fully saturated rings. The van der Waals surface area contributed by atoms with Gasteiger partial charge in [0.05, 0.1) is 0 Å². The van der Waals surface area contributed by atoms with Gasteiger partial charge in [-0.3, -0.25) is 0 Å². The molecule has 0 rings (SSSR count). The normalized spacial score (nSPS) is 4.80. The molecule has 6 nitrogen and oxygen atoms in total. The van der Waals surface area contributed by atoms with Crippen molar-refractivity contribution in [3.05, 3.63) is 0 Å². The minimum Gasteiger partial charge on any atom is -0.652 e. The van der Waals surface area contributed by atoms with E-state index in [0.717, 1.165) is 0 Å². The molecule has 0 atom stereocenters. The Kier molecular flexibility index (Phi) is 35.9. The van der Waals surface area contributed by atoms with Crippen LogP contribution in [0.5, 0.6) is 0 Å². The summed E-state index contributed by atoms with van der Waals surface area (Å²) in [7, 11) is 0. The Bertz CT molecular complexity index is 73.7. The maximum Gasteiger partial charge on any atom is 2.00 e. The van der Waals surface area contributed by atoms with E-state index >= 15 is 0 Å². The van der Waals surface area contributed by atoms with Crippen molar-refractivity contribution in [2.45, 2.75) is 0 Å². The topological polar surface area (TPSA) is 126 Å². The van der Waals surface area contributed by atoms with Crippen molar-refractivity contribution in [1.29, 1.82) is 0 Å². The van der Waals surface area contributed by atoms with Gasteiger partial charge in [-0.25, -0.2) is 0 Å². The van der Waals surface area contributed by atoms with Crippen molar-refractivity contribution in [3.63, 3.8) is 0 Å². The molecule has 8 heteroatoms. The van der Waals surface area contributed by atoms with Crippen LogP contribution < -0.4 is 20.4 Å². The molecule has 0 saturated heterocycles. The Morgan fingerprint density at radius 2 is 0.800 bits per heavy atom. The quantitative estimate of drug-likeness (QED) is 0.396. The molecule has 0 amide bonds.